The average Bonchev–Trinajstić information content (AvgIpc) is 2.55. The summed E-state index contributed by atoms with van der Waals surface area (Å²) < 4.78 is 0. The van der Waals surface area contributed by atoms with Crippen molar-refractivity contribution in [3.8, 4) is 0 Å². The number of nitrogens with one attached hydrogen (secondary N) is 1. The van der Waals surface area contributed by atoms with Gasteiger partial charge in [-0.05, 0) is 44.8 Å². The maximum Gasteiger partial charge on any atom is 0.0107 e. The maximum atomic E-state index is 3.72. The Balaban J connectivity index is 2.49. The van der Waals surface area contributed by atoms with Crippen molar-refractivity contribution in [1.82, 2.24) is 10.2 Å². The van der Waals surface area contributed by atoms with Gasteiger partial charge in [0.25, 0.3) is 0 Å². The first kappa shape index (κ1) is 15.0. The summed E-state index contributed by atoms with van der Waals surface area (Å²) in [4.78, 5) is 2.64. The minimum atomic E-state index is 0.772. The summed E-state index contributed by atoms with van der Waals surface area (Å²) in [6.45, 7) is 11.7. The highest BCUT2D eigenvalue weighted by Gasteiger charge is 2.24. The molecule has 1 aliphatic rings. The molecule has 1 rings (SSSR count). The van der Waals surface area contributed by atoms with E-state index in [-0.39, 0.29) is 0 Å². The van der Waals surface area contributed by atoms with Crippen molar-refractivity contribution in [2.24, 2.45) is 5.92 Å². The van der Waals surface area contributed by atoms with E-state index in [1.54, 1.807) is 0 Å². The second-order valence-corrected chi connectivity index (χ2v) is 5.46. The Morgan fingerprint density at radius 1 is 1.06 bits per heavy atom. The fourth-order valence-electron chi connectivity index (χ4n) is 3.16. The molecule has 0 aromatic heterocycles. The lowest BCUT2D eigenvalue weighted by atomic mass is 9.94. The molecule has 0 spiro atoms. The molecule has 2 atom stereocenters. The number of hydrogen-bond donors (Lipinski definition) is 1. The van der Waals surface area contributed by atoms with Gasteiger partial charge in [0, 0.05) is 12.6 Å². The molecule has 0 aliphatic heterocycles. The topological polar surface area (TPSA) is 15.3 Å². The Morgan fingerprint density at radius 3 is 2.47 bits per heavy atom. The summed E-state index contributed by atoms with van der Waals surface area (Å²) in [6, 6.07) is 0.772. The molecule has 17 heavy (non-hydrogen) atoms. The van der Waals surface area contributed by atoms with Gasteiger partial charge in [0.15, 0.2) is 0 Å². The van der Waals surface area contributed by atoms with Gasteiger partial charge in [0.1, 0.15) is 0 Å². The summed E-state index contributed by atoms with van der Waals surface area (Å²) in [5.41, 5.74) is 0. The SMILES string of the molecule is CCCN(CC)CC1CCCCCC1NCC. The van der Waals surface area contributed by atoms with Crippen molar-refractivity contribution in [3.63, 3.8) is 0 Å². The molecular weight excluding hydrogens is 208 g/mol. The minimum Gasteiger partial charge on any atom is -0.314 e. The molecule has 0 radical (unpaired) electrons. The van der Waals surface area contributed by atoms with Crippen LogP contribution in [0.5, 0.6) is 0 Å². The second kappa shape index (κ2) is 8.93. The monoisotopic (exact) mass is 240 g/mol. The standard InChI is InChI=1S/C15H32N2/c1-4-12-17(6-3)13-14-10-8-7-9-11-15(14)16-5-2/h14-16H,4-13H2,1-3H3. The molecular formula is C15H32N2. The van der Waals surface area contributed by atoms with E-state index in [1.807, 2.05) is 0 Å². The van der Waals surface area contributed by atoms with Gasteiger partial charge in [-0.15, -0.1) is 0 Å². The Kier molecular flexibility index (Phi) is 7.87. The van der Waals surface area contributed by atoms with Crippen LogP contribution in [0.25, 0.3) is 0 Å². The summed E-state index contributed by atoms with van der Waals surface area (Å²) in [5.74, 6) is 0.879. The second-order valence-electron chi connectivity index (χ2n) is 5.46. The molecule has 0 saturated heterocycles. The molecule has 1 fully saturated rings. The van der Waals surface area contributed by atoms with Gasteiger partial charge >= 0.3 is 0 Å². The number of rotatable bonds is 7. The van der Waals surface area contributed by atoms with Crippen LogP contribution in [0.2, 0.25) is 0 Å². The molecule has 0 amide bonds. The van der Waals surface area contributed by atoms with Crippen molar-refractivity contribution in [3.05, 3.63) is 0 Å². The van der Waals surface area contributed by atoms with Crippen LogP contribution in [0.3, 0.4) is 0 Å². The van der Waals surface area contributed by atoms with Crippen LogP contribution in [0, 0.1) is 5.92 Å². The Morgan fingerprint density at radius 2 is 1.82 bits per heavy atom. The van der Waals surface area contributed by atoms with Crippen LogP contribution in [-0.2, 0) is 0 Å². The van der Waals surface area contributed by atoms with Crippen molar-refractivity contribution >= 4 is 0 Å². The minimum absolute atomic E-state index is 0.772. The summed E-state index contributed by atoms with van der Waals surface area (Å²) in [7, 11) is 0. The van der Waals surface area contributed by atoms with Gasteiger partial charge in [0.05, 0.1) is 0 Å². The Hall–Kier alpha value is -0.0800. The number of hydrogen-bond acceptors (Lipinski definition) is 2. The third kappa shape index (κ3) is 5.39. The zero-order valence-corrected chi connectivity index (χ0v) is 12.2. The largest absolute Gasteiger partial charge is 0.314 e. The van der Waals surface area contributed by atoms with E-state index in [9.17, 15) is 0 Å². The predicted octanol–water partition coefficient (Wildman–Crippen LogP) is 3.28. The quantitative estimate of drug-likeness (QED) is 0.687. The fourth-order valence-corrected chi connectivity index (χ4v) is 3.16. The van der Waals surface area contributed by atoms with Crippen molar-refractivity contribution < 1.29 is 0 Å². The number of nitrogens with zero attached hydrogens (tertiary/aromatic N) is 1. The van der Waals surface area contributed by atoms with Gasteiger partial charge in [-0.2, -0.15) is 0 Å². The van der Waals surface area contributed by atoms with Crippen LogP contribution in [0.4, 0.5) is 0 Å². The van der Waals surface area contributed by atoms with Gasteiger partial charge in [-0.3, -0.25) is 0 Å². The van der Waals surface area contributed by atoms with Crippen LogP contribution in [0.15, 0.2) is 0 Å². The first-order valence-corrected chi connectivity index (χ1v) is 7.77. The van der Waals surface area contributed by atoms with E-state index in [0.717, 1.165) is 18.5 Å². The normalized spacial score (nSPS) is 26.1. The molecule has 0 heterocycles. The lowest BCUT2D eigenvalue weighted by Gasteiger charge is -2.31. The van der Waals surface area contributed by atoms with Gasteiger partial charge in [0.2, 0.25) is 0 Å². The first-order chi connectivity index (χ1) is 8.31. The van der Waals surface area contributed by atoms with Gasteiger partial charge < -0.3 is 10.2 Å². The van der Waals surface area contributed by atoms with E-state index in [2.05, 4.69) is 31.0 Å². The third-order valence-corrected chi connectivity index (χ3v) is 4.11. The van der Waals surface area contributed by atoms with Crippen molar-refractivity contribution in [2.45, 2.75) is 65.3 Å². The predicted molar refractivity (Wildman–Crippen MR) is 76.4 cm³/mol. The summed E-state index contributed by atoms with van der Waals surface area (Å²) >= 11 is 0. The first-order valence-electron chi connectivity index (χ1n) is 7.77. The van der Waals surface area contributed by atoms with Crippen molar-refractivity contribution in [2.75, 3.05) is 26.2 Å². The van der Waals surface area contributed by atoms with Crippen LogP contribution < -0.4 is 5.32 Å². The zero-order chi connectivity index (χ0) is 12.5. The Bertz CT molecular complexity index is 182. The Labute approximate surface area is 108 Å². The molecule has 2 nitrogen and oxygen atoms in total. The van der Waals surface area contributed by atoms with Crippen LogP contribution >= 0.6 is 0 Å². The highest BCUT2D eigenvalue weighted by Crippen LogP contribution is 2.24. The van der Waals surface area contributed by atoms with Crippen LogP contribution in [0.1, 0.15) is 59.3 Å². The molecule has 0 aromatic rings. The van der Waals surface area contributed by atoms with E-state index < -0.39 is 0 Å². The average molecular weight is 240 g/mol. The molecule has 2 heteroatoms. The third-order valence-electron chi connectivity index (χ3n) is 4.11. The van der Waals surface area contributed by atoms with E-state index >= 15 is 0 Å². The van der Waals surface area contributed by atoms with E-state index in [0.29, 0.717) is 0 Å². The lowest BCUT2D eigenvalue weighted by molar-refractivity contribution is 0.202. The lowest BCUT2D eigenvalue weighted by Crippen LogP contribution is -2.42. The zero-order valence-electron chi connectivity index (χ0n) is 12.2. The molecule has 1 saturated carbocycles. The molecule has 2 unspecified atom stereocenters. The maximum absolute atomic E-state index is 3.72. The molecule has 102 valence electrons. The highest BCUT2D eigenvalue weighted by atomic mass is 15.1. The fraction of sp³-hybridized carbons (Fsp3) is 1.00. The summed E-state index contributed by atoms with van der Waals surface area (Å²) in [5, 5.41) is 3.72. The molecule has 1 N–H and O–H groups in total. The van der Waals surface area contributed by atoms with Crippen molar-refractivity contribution in [1.29, 1.82) is 0 Å². The highest BCUT2D eigenvalue weighted by molar-refractivity contribution is 4.81. The summed E-state index contributed by atoms with van der Waals surface area (Å²) in [6.07, 6.45) is 8.41. The van der Waals surface area contributed by atoms with E-state index in [1.165, 1.54) is 58.2 Å². The van der Waals surface area contributed by atoms with Gasteiger partial charge in [-0.25, -0.2) is 0 Å². The van der Waals surface area contributed by atoms with Crippen LogP contribution in [-0.4, -0.2) is 37.1 Å². The molecule has 0 bridgehead atoms. The molecule has 1 aliphatic carbocycles. The smallest absolute Gasteiger partial charge is 0.0107 e. The van der Waals surface area contributed by atoms with E-state index in [4.69, 9.17) is 0 Å². The molecule has 0 aromatic carbocycles. The van der Waals surface area contributed by atoms with Gasteiger partial charge in [-0.1, -0.05) is 40.0 Å².